The van der Waals surface area contributed by atoms with E-state index < -0.39 is 0 Å². The molecule has 1 aromatic heterocycles. The number of aromatic nitrogens is 2. The highest BCUT2D eigenvalue weighted by molar-refractivity contribution is 6.33. The Hall–Kier alpha value is -1.39. The fourth-order valence-corrected chi connectivity index (χ4v) is 1.91. The summed E-state index contributed by atoms with van der Waals surface area (Å²) in [6.45, 7) is 1.33. The molecule has 0 saturated carbocycles. The molecule has 0 spiro atoms. The average molecular weight is 254 g/mol. The van der Waals surface area contributed by atoms with Crippen LogP contribution >= 0.6 is 11.6 Å². The van der Waals surface area contributed by atoms with Crippen LogP contribution in [0.15, 0.2) is 30.6 Å². The van der Waals surface area contributed by atoms with Gasteiger partial charge in [-0.25, -0.2) is 4.39 Å². The molecule has 1 aromatic carbocycles. The summed E-state index contributed by atoms with van der Waals surface area (Å²) in [5.41, 5.74) is 6.50. The standard InChI is InChI=1S/C12H13ClFN3/c13-10-3-1-4-11(14)12(10)9-7-16-17(8-9)6-2-5-15/h1,3-4,7-8H,2,5-6,15H2. The van der Waals surface area contributed by atoms with Crippen molar-refractivity contribution in [3.63, 3.8) is 0 Å². The van der Waals surface area contributed by atoms with Crippen molar-refractivity contribution in [3.05, 3.63) is 41.4 Å². The van der Waals surface area contributed by atoms with Crippen LogP contribution in [0.1, 0.15) is 6.42 Å². The molecule has 0 aliphatic rings. The normalized spacial score (nSPS) is 10.8. The molecule has 0 aliphatic carbocycles. The van der Waals surface area contributed by atoms with Crippen molar-refractivity contribution >= 4 is 11.6 Å². The Morgan fingerprint density at radius 2 is 2.24 bits per heavy atom. The molecule has 0 unspecified atom stereocenters. The summed E-state index contributed by atoms with van der Waals surface area (Å²) in [5.74, 6) is -0.337. The van der Waals surface area contributed by atoms with E-state index in [4.69, 9.17) is 17.3 Å². The Kier molecular flexibility index (Phi) is 3.76. The van der Waals surface area contributed by atoms with Gasteiger partial charge >= 0.3 is 0 Å². The van der Waals surface area contributed by atoms with Crippen molar-refractivity contribution in [1.82, 2.24) is 9.78 Å². The highest BCUT2D eigenvalue weighted by atomic mass is 35.5. The lowest BCUT2D eigenvalue weighted by atomic mass is 10.1. The molecule has 0 atom stereocenters. The molecule has 17 heavy (non-hydrogen) atoms. The summed E-state index contributed by atoms with van der Waals surface area (Å²) in [6.07, 6.45) is 4.23. The van der Waals surface area contributed by atoms with Gasteiger partial charge in [0.15, 0.2) is 0 Å². The fourth-order valence-electron chi connectivity index (χ4n) is 1.64. The minimum absolute atomic E-state index is 0.337. The lowest BCUT2D eigenvalue weighted by Crippen LogP contribution is -2.05. The van der Waals surface area contributed by atoms with Crippen molar-refractivity contribution in [3.8, 4) is 11.1 Å². The molecule has 0 radical (unpaired) electrons. The van der Waals surface area contributed by atoms with E-state index in [0.29, 0.717) is 22.7 Å². The summed E-state index contributed by atoms with van der Waals surface area (Å²) in [5, 5.41) is 4.54. The van der Waals surface area contributed by atoms with Gasteiger partial charge in [-0.05, 0) is 25.1 Å². The average Bonchev–Trinajstić information content (AvgIpc) is 2.75. The molecular formula is C12H13ClFN3. The Morgan fingerprint density at radius 1 is 1.41 bits per heavy atom. The number of nitrogens with zero attached hydrogens (tertiary/aromatic N) is 2. The minimum Gasteiger partial charge on any atom is -0.330 e. The van der Waals surface area contributed by atoms with Crippen LogP contribution in [0, 0.1) is 5.82 Å². The molecule has 2 N–H and O–H groups in total. The lowest BCUT2D eigenvalue weighted by molar-refractivity contribution is 0.585. The monoisotopic (exact) mass is 253 g/mol. The predicted octanol–water partition coefficient (Wildman–Crippen LogP) is 2.69. The third-order valence-electron chi connectivity index (χ3n) is 2.48. The van der Waals surface area contributed by atoms with Gasteiger partial charge in [-0.1, -0.05) is 17.7 Å². The van der Waals surface area contributed by atoms with E-state index in [1.807, 2.05) is 0 Å². The third-order valence-corrected chi connectivity index (χ3v) is 2.79. The lowest BCUT2D eigenvalue weighted by Gasteiger charge is -2.02. The number of aryl methyl sites for hydroxylation is 1. The maximum absolute atomic E-state index is 13.7. The summed E-state index contributed by atoms with van der Waals surface area (Å²) in [6, 6.07) is 4.63. The second kappa shape index (κ2) is 5.29. The number of benzene rings is 1. The van der Waals surface area contributed by atoms with Crippen LogP contribution in [0.5, 0.6) is 0 Å². The number of hydrogen-bond acceptors (Lipinski definition) is 2. The molecule has 3 nitrogen and oxygen atoms in total. The van der Waals surface area contributed by atoms with Crippen LogP contribution in [-0.2, 0) is 6.54 Å². The van der Waals surface area contributed by atoms with E-state index in [-0.39, 0.29) is 5.82 Å². The van der Waals surface area contributed by atoms with Gasteiger partial charge in [0, 0.05) is 23.9 Å². The summed E-state index contributed by atoms with van der Waals surface area (Å²) >= 11 is 5.98. The molecule has 0 saturated heterocycles. The summed E-state index contributed by atoms with van der Waals surface area (Å²) in [7, 11) is 0. The van der Waals surface area contributed by atoms with Crippen molar-refractivity contribution in [2.75, 3.05) is 6.54 Å². The van der Waals surface area contributed by atoms with Gasteiger partial charge < -0.3 is 5.73 Å². The first-order valence-corrected chi connectivity index (χ1v) is 5.77. The molecule has 0 amide bonds. The zero-order valence-corrected chi connectivity index (χ0v) is 9.99. The van der Waals surface area contributed by atoms with Gasteiger partial charge in [0.25, 0.3) is 0 Å². The minimum atomic E-state index is -0.337. The van der Waals surface area contributed by atoms with Gasteiger partial charge in [0.05, 0.1) is 11.2 Å². The predicted molar refractivity (Wildman–Crippen MR) is 66.3 cm³/mol. The number of nitrogens with two attached hydrogens (primary N) is 1. The molecule has 0 aliphatic heterocycles. The van der Waals surface area contributed by atoms with Crippen LogP contribution in [0.2, 0.25) is 5.02 Å². The zero-order valence-electron chi connectivity index (χ0n) is 9.24. The summed E-state index contributed by atoms with van der Waals surface area (Å²) < 4.78 is 15.4. The fraction of sp³-hybridized carbons (Fsp3) is 0.250. The number of rotatable bonds is 4. The Morgan fingerprint density at radius 3 is 2.94 bits per heavy atom. The highest BCUT2D eigenvalue weighted by Gasteiger charge is 2.11. The van der Waals surface area contributed by atoms with E-state index in [0.717, 1.165) is 13.0 Å². The molecule has 0 fully saturated rings. The summed E-state index contributed by atoms with van der Waals surface area (Å²) in [4.78, 5) is 0. The van der Waals surface area contributed by atoms with Gasteiger partial charge in [-0.2, -0.15) is 5.10 Å². The second-order valence-electron chi connectivity index (χ2n) is 3.73. The third kappa shape index (κ3) is 2.65. The van der Waals surface area contributed by atoms with Crippen molar-refractivity contribution in [1.29, 1.82) is 0 Å². The molecule has 2 aromatic rings. The van der Waals surface area contributed by atoms with Gasteiger partial charge in [0.1, 0.15) is 5.82 Å². The van der Waals surface area contributed by atoms with Crippen LogP contribution < -0.4 is 5.73 Å². The Balaban J connectivity index is 2.30. The van der Waals surface area contributed by atoms with Crippen LogP contribution in [0.3, 0.4) is 0 Å². The van der Waals surface area contributed by atoms with Gasteiger partial charge in [0.2, 0.25) is 0 Å². The Labute approximate surface area is 104 Å². The topological polar surface area (TPSA) is 43.8 Å². The molecule has 5 heteroatoms. The smallest absolute Gasteiger partial charge is 0.132 e. The molecule has 90 valence electrons. The number of hydrogen-bond donors (Lipinski definition) is 1. The SMILES string of the molecule is NCCCn1cc(-c2c(F)cccc2Cl)cn1. The largest absolute Gasteiger partial charge is 0.330 e. The maximum atomic E-state index is 13.7. The first-order valence-electron chi connectivity index (χ1n) is 5.39. The molecule has 1 heterocycles. The van der Waals surface area contributed by atoms with E-state index in [1.165, 1.54) is 6.07 Å². The Bertz CT molecular complexity index is 490. The van der Waals surface area contributed by atoms with Crippen LogP contribution in [-0.4, -0.2) is 16.3 Å². The maximum Gasteiger partial charge on any atom is 0.132 e. The quantitative estimate of drug-likeness (QED) is 0.911. The van der Waals surface area contributed by atoms with Crippen molar-refractivity contribution in [2.45, 2.75) is 13.0 Å². The zero-order chi connectivity index (χ0) is 12.3. The van der Waals surface area contributed by atoms with E-state index in [2.05, 4.69) is 5.10 Å². The van der Waals surface area contributed by atoms with Gasteiger partial charge in [-0.3, -0.25) is 4.68 Å². The van der Waals surface area contributed by atoms with E-state index in [9.17, 15) is 4.39 Å². The first-order chi connectivity index (χ1) is 8.22. The van der Waals surface area contributed by atoms with Crippen molar-refractivity contribution < 1.29 is 4.39 Å². The molecule has 2 rings (SSSR count). The van der Waals surface area contributed by atoms with Crippen LogP contribution in [0.4, 0.5) is 4.39 Å². The van der Waals surface area contributed by atoms with E-state index >= 15 is 0 Å². The van der Waals surface area contributed by atoms with Gasteiger partial charge in [-0.15, -0.1) is 0 Å². The molecule has 0 bridgehead atoms. The molecular weight excluding hydrogens is 241 g/mol. The van der Waals surface area contributed by atoms with Crippen LogP contribution in [0.25, 0.3) is 11.1 Å². The number of halogens is 2. The first kappa shape index (κ1) is 12.1. The van der Waals surface area contributed by atoms with Crippen molar-refractivity contribution in [2.24, 2.45) is 5.73 Å². The van der Waals surface area contributed by atoms with E-state index in [1.54, 1.807) is 29.2 Å². The highest BCUT2D eigenvalue weighted by Crippen LogP contribution is 2.29. The second-order valence-corrected chi connectivity index (χ2v) is 4.14.